The van der Waals surface area contributed by atoms with Crippen LogP contribution in [0.15, 0.2) is 4.52 Å². The molecule has 5 nitrogen and oxygen atoms in total. The van der Waals surface area contributed by atoms with Gasteiger partial charge in [0.25, 0.3) is 0 Å². The van der Waals surface area contributed by atoms with Gasteiger partial charge in [0.2, 0.25) is 5.89 Å². The molecule has 0 spiro atoms. The lowest BCUT2D eigenvalue weighted by Crippen LogP contribution is -2.42. The Labute approximate surface area is 112 Å². The van der Waals surface area contributed by atoms with E-state index in [1.165, 1.54) is 0 Å². The summed E-state index contributed by atoms with van der Waals surface area (Å²) in [6.07, 6.45) is 0. The van der Waals surface area contributed by atoms with Crippen molar-refractivity contribution in [1.29, 1.82) is 0 Å². The molecule has 6 heteroatoms. The fourth-order valence-electron chi connectivity index (χ4n) is 1.84. The highest BCUT2D eigenvalue weighted by atomic mass is 32.2. The third kappa shape index (κ3) is 2.87. The first-order chi connectivity index (χ1) is 8.52. The maximum absolute atomic E-state index is 6.04. The van der Waals surface area contributed by atoms with Crippen molar-refractivity contribution in [3.05, 3.63) is 11.7 Å². The minimum absolute atomic E-state index is 0.0749. The molecule has 0 bridgehead atoms. The monoisotopic (exact) mass is 271 g/mol. The normalized spacial score (nSPS) is 28.2. The van der Waals surface area contributed by atoms with E-state index in [1.807, 2.05) is 18.7 Å². The van der Waals surface area contributed by atoms with Crippen LogP contribution in [0.25, 0.3) is 0 Å². The average molecular weight is 271 g/mol. The highest BCUT2D eigenvalue weighted by Gasteiger charge is 2.44. The highest BCUT2D eigenvalue weighted by Crippen LogP contribution is 2.30. The molecule has 1 aliphatic rings. The van der Waals surface area contributed by atoms with E-state index in [-0.39, 0.29) is 11.5 Å². The van der Waals surface area contributed by atoms with E-state index in [4.69, 9.17) is 15.0 Å². The summed E-state index contributed by atoms with van der Waals surface area (Å²) in [6, 6.07) is -0.0749. The molecular formula is C12H21N3O2S. The smallest absolute Gasteiger partial charge is 0.236 e. The predicted octanol–water partition coefficient (Wildman–Crippen LogP) is 1.57. The molecule has 0 aromatic carbocycles. The zero-order chi connectivity index (χ0) is 13.2. The first-order valence-corrected chi connectivity index (χ1v) is 7.42. The van der Waals surface area contributed by atoms with Gasteiger partial charge in [0.05, 0.1) is 24.4 Å². The molecule has 0 saturated carbocycles. The van der Waals surface area contributed by atoms with E-state index in [9.17, 15) is 0 Å². The van der Waals surface area contributed by atoms with Crippen molar-refractivity contribution in [3.8, 4) is 0 Å². The summed E-state index contributed by atoms with van der Waals surface area (Å²) >= 11 is 1.82. The molecule has 0 amide bonds. The molecule has 1 aromatic rings. The molecule has 2 rings (SSSR count). The number of hydrogen-bond donors (Lipinski definition) is 1. The molecule has 102 valence electrons. The van der Waals surface area contributed by atoms with Crippen molar-refractivity contribution in [2.45, 2.75) is 38.0 Å². The van der Waals surface area contributed by atoms with Gasteiger partial charge in [-0.05, 0) is 18.6 Å². The zero-order valence-corrected chi connectivity index (χ0v) is 12.0. The van der Waals surface area contributed by atoms with Gasteiger partial charge in [-0.2, -0.15) is 16.7 Å². The maximum atomic E-state index is 6.04. The lowest BCUT2D eigenvalue weighted by atomic mass is 9.86. The molecule has 2 atom stereocenters. The van der Waals surface area contributed by atoms with Crippen LogP contribution in [0, 0.1) is 5.92 Å². The van der Waals surface area contributed by atoms with Gasteiger partial charge in [-0.1, -0.05) is 19.0 Å². The first-order valence-electron chi connectivity index (χ1n) is 6.26. The van der Waals surface area contributed by atoms with Gasteiger partial charge in [-0.25, -0.2) is 0 Å². The van der Waals surface area contributed by atoms with Crippen LogP contribution in [0.5, 0.6) is 0 Å². The Bertz CT molecular complexity index is 396. The summed E-state index contributed by atoms with van der Waals surface area (Å²) in [7, 11) is 0. The van der Waals surface area contributed by atoms with E-state index in [2.05, 4.69) is 24.0 Å². The number of nitrogens with zero attached hydrogens (tertiary/aromatic N) is 2. The number of thioether (sulfide) groups is 1. The van der Waals surface area contributed by atoms with Crippen LogP contribution in [-0.2, 0) is 15.9 Å². The van der Waals surface area contributed by atoms with Crippen LogP contribution >= 0.6 is 11.8 Å². The standard InChI is InChI=1S/C12H21N3O2S/c1-8(2)5-18-6-10-14-11(17-15-10)12(3)7-16-4-9(12)13/h8-9H,4-7,13H2,1-3H3. The summed E-state index contributed by atoms with van der Waals surface area (Å²) in [5.41, 5.74) is 5.70. The number of nitrogens with two attached hydrogens (primary N) is 1. The van der Waals surface area contributed by atoms with Crippen LogP contribution in [0.1, 0.15) is 32.5 Å². The molecule has 2 N–H and O–H groups in total. The van der Waals surface area contributed by atoms with Crippen LogP contribution in [0.3, 0.4) is 0 Å². The van der Waals surface area contributed by atoms with E-state index < -0.39 is 0 Å². The molecule has 0 aliphatic carbocycles. The Balaban J connectivity index is 1.97. The molecule has 1 saturated heterocycles. The number of ether oxygens (including phenoxy) is 1. The SMILES string of the molecule is CC(C)CSCc1noc(C2(C)COCC2N)n1. The summed E-state index contributed by atoms with van der Waals surface area (Å²) in [4.78, 5) is 4.45. The van der Waals surface area contributed by atoms with Crippen molar-refractivity contribution in [2.75, 3.05) is 19.0 Å². The van der Waals surface area contributed by atoms with Gasteiger partial charge in [0.15, 0.2) is 5.82 Å². The fraction of sp³-hybridized carbons (Fsp3) is 0.833. The number of rotatable bonds is 5. The van der Waals surface area contributed by atoms with E-state index in [1.54, 1.807) is 0 Å². The summed E-state index contributed by atoms with van der Waals surface area (Å²) in [5.74, 6) is 3.91. The second kappa shape index (κ2) is 5.59. The van der Waals surface area contributed by atoms with E-state index in [0.717, 1.165) is 17.3 Å². The molecule has 1 aromatic heterocycles. The minimum atomic E-state index is -0.339. The molecule has 18 heavy (non-hydrogen) atoms. The topological polar surface area (TPSA) is 74.2 Å². The second-order valence-electron chi connectivity index (χ2n) is 5.46. The van der Waals surface area contributed by atoms with Gasteiger partial charge >= 0.3 is 0 Å². The Hall–Kier alpha value is -0.590. The predicted molar refractivity (Wildman–Crippen MR) is 71.4 cm³/mol. The Morgan fingerprint density at radius 2 is 2.33 bits per heavy atom. The second-order valence-corrected chi connectivity index (χ2v) is 6.49. The van der Waals surface area contributed by atoms with Gasteiger partial charge in [0.1, 0.15) is 0 Å². The van der Waals surface area contributed by atoms with Crippen LogP contribution in [0.2, 0.25) is 0 Å². The fourth-order valence-corrected chi connectivity index (χ4v) is 2.73. The molecule has 2 unspecified atom stereocenters. The Morgan fingerprint density at radius 1 is 1.56 bits per heavy atom. The third-order valence-corrected chi connectivity index (χ3v) is 4.52. The summed E-state index contributed by atoms with van der Waals surface area (Å²) in [5, 5.41) is 4.02. The molecule has 1 fully saturated rings. The lowest BCUT2D eigenvalue weighted by Gasteiger charge is -2.21. The van der Waals surface area contributed by atoms with Gasteiger partial charge < -0.3 is 15.0 Å². The van der Waals surface area contributed by atoms with E-state index in [0.29, 0.717) is 25.0 Å². The summed E-state index contributed by atoms with van der Waals surface area (Å²) < 4.78 is 10.7. The van der Waals surface area contributed by atoms with Crippen LogP contribution < -0.4 is 5.73 Å². The minimum Gasteiger partial charge on any atom is -0.379 e. The summed E-state index contributed by atoms with van der Waals surface area (Å²) in [6.45, 7) is 7.52. The van der Waals surface area contributed by atoms with Crippen LogP contribution in [0.4, 0.5) is 0 Å². The largest absolute Gasteiger partial charge is 0.379 e. The molecule has 0 radical (unpaired) electrons. The van der Waals surface area contributed by atoms with Crippen molar-refractivity contribution < 1.29 is 9.26 Å². The lowest BCUT2D eigenvalue weighted by molar-refractivity contribution is 0.169. The maximum Gasteiger partial charge on any atom is 0.236 e. The van der Waals surface area contributed by atoms with Gasteiger partial charge in [0, 0.05) is 6.04 Å². The van der Waals surface area contributed by atoms with Crippen molar-refractivity contribution in [3.63, 3.8) is 0 Å². The quantitative estimate of drug-likeness (QED) is 0.876. The number of aromatic nitrogens is 2. The third-order valence-electron chi connectivity index (χ3n) is 3.16. The van der Waals surface area contributed by atoms with Crippen molar-refractivity contribution in [1.82, 2.24) is 10.1 Å². The van der Waals surface area contributed by atoms with Gasteiger partial charge in [-0.3, -0.25) is 0 Å². The first kappa shape index (κ1) is 13.8. The molecular weight excluding hydrogens is 250 g/mol. The Morgan fingerprint density at radius 3 is 2.94 bits per heavy atom. The average Bonchev–Trinajstić information content (AvgIpc) is 2.88. The molecule has 2 heterocycles. The van der Waals surface area contributed by atoms with Crippen molar-refractivity contribution in [2.24, 2.45) is 11.7 Å². The van der Waals surface area contributed by atoms with E-state index >= 15 is 0 Å². The number of hydrogen-bond acceptors (Lipinski definition) is 6. The van der Waals surface area contributed by atoms with Gasteiger partial charge in [-0.15, -0.1) is 0 Å². The highest BCUT2D eigenvalue weighted by molar-refractivity contribution is 7.98. The van der Waals surface area contributed by atoms with Crippen LogP contribution in [-0.4, -0.2) is 35.1 Å². The molecule has 1 aliphatic heterocycles. The Kier molecular flexibility index (Phi) is 4.29. The zero-order valence-electron chi connectivity index (χ0n) is 11.2. The van der Waals surface area contributed by atoms with Crippen molar-refractivity contribution >= 4 is 11.8 Å².